The lowest BCUT2D eigenvalue weighted by molar-refractivity contribution is 0.566. The quantitative estimate of drug-likeness (QED) is 0.254. The molecule has 0 bridgehead atoms. The van der Waals surface area contributed by atoms with Crippen LogP contribution in [-0.4, -0.2) is 11.9 Å². The van der Waals surface area contributed by atoms with Gasteiger partial charge in [-0.05, 0) is 19.3 Å². The van der Waals surface area contributed by atoms with Crippen LogP contribution in [0.4, 0.5) is 0 Å². The summed E-state index contributed by atoms with van der Waals surface area (Å²) in [5, 5.41) is 0. The molecule has 16 heavy (non-hydrogen) atoms. The van der Waals surface area contributed by atoms with Crippen molar-refractivity contribution in [3.63, 3.8) is 0 Å². The molecule has 3 N–H and O–H groups in total. The van der Waals surface area contributed by atoms with Gasteiger partial charge in [0, 0.05) is 5.92 Å². The highest BCUT2D eigenvalue weighted by molar-refractivity contribution is 5.83. The van der Waals surface area contributed by atoms with Crippen molar-refractivity contribution in [1.29, 1.82) is 0 Å². The monoisotopic (exact) mass is 225 g/mol. The van der Waals surface area contributed by atoms with Gasteiger partial charge in [-0.15, -0.1) is 0 Å². The smallest absolute Gasteiger partial charge is 0.113 e. The number of amidine groups is 1. The molecule has 0 spiro atoms. The van der Waals surface area contributed by atoms with Crippen LogP contribution in [0.15, 0.2) is 4.99 Å². The minimum Gasteiger partial charge on any atom is -0.312 e. The van der Waals surface area contributed by atoms with Crippen molar-refractivity contribution in [3.8, 4) is 0 Å². The third-order valence-electron chi connectivity index (χ3n) is 3.48. The average molecular weight is 225 g/mol. The molecule has 0 saturated heterocycles. The van der Waals surface area contributed by atoms with Gasteiger partial charge in [-0.3, -0.25) is 4.99 Å². The number of hydrazine groups is 1. The molecule has 0 aromatic heterocycles. The van der Waals surface area contributed by atoms with Gasteiger partial charge in [0.1, 0.15) is 5.84 Å². The van der Waals surface area contributed by atoms with E-state index < -0.39 is 0 Å². The van der Waals surface area contributed by atoms with Crippen LogP contribution in [0.5, 0.6) is 0 Å². The largest absolute Gasteiger partial charge is 0.312 e. The first-order chi connectivity index (χ1) is 7.77. The third-order valence-corrected chi connectivity index (χ3v) is 3.48. The van der Waals surface area contributed by atoms with Gasteiger partial charge >= 0.3 is 0 Å². The molecule has 0 amide bonds. The summed E-state index contributed by atoms with van der Waals surface area (Å²) in [5.41, 5.74) is 2.80. The third kappa shape index (κ3) is 4.52. The van der Waals surface area contributed by atoms with Crippen molar-refractivity contribution < 1.29 is 0 Å². The molecule has 1 atom stereocenters. The molecule has 1 unspecified atom stereocenters. The van der Waals surface area contributed by atoms with Gasteiger partial charge in [-0.2, -0.15) is 0 Å². The Morgan fingerprint density at radius 2 is 1.94 bits per heavy atom. The molecule has 1 saturated carbocycles. The van der Waals surface area contributed by atoms with Crippen molar-refractivity contribution in [2.45, 2.75) is 71.3 Å². The van der Waals surface area contributed by atoms with E-state index in [0.717, 1.165) is 12.3 Å². The second-order valence-corrected chi connectivity index (χ2v) is 4.99. The van der Waals surface area contributed by atoms with E-state index in [1.54, 1.807) is 0 Å². The minimum atomic E-state index is 0.471. The topological polar surface area (TPSA) is 50.4 Å². The first kappa shape index (κ1) is 13.5. The Morgan fingerprint density at radius 1 is 1.31 bits per heavy atom. The average Bonchev–Trinajstić information content (AvgIpc) is 2.54. The van der Waals surface area contributed by atoms with Crippen molar-refractivity contribution in [1.82, 2.24) is 5.43 Å². The molecule has 3 heteroatoms. The first-order valence-corrected chi connectivity index (χ1v) is 6.82. The molecular formula is C13H27N3. The molecule has 0 heterocycles. The number of nitrogens with two attached hydrogens (primary N) is 1. The van der Waals surface area contributed by atoms with Crippen LogP contribution < -0.4 is 11.3 Å². The van der Waals surface area contributed by atoms with Crippen LogP contribution in [0.25, 0.3) is 0 Å². The lowest BCUT2D eigenvalue weighted by Gasteiger charge is -2.17. The van der Waals surface area contributed by atoms with Crippen molar-refractivity contribution in [2.75, 3.05) is 0 Å². The number of nitrogens with zero attached hydrogens (tertiary/aromatic N) is 1. The first-order valence-electron chi connectivity index (χ1n) is 6.82. The summed E-state index contributed by atoms with van der Waals surface area (Å²) in [4.78, 5) is 4.81. The van der Waals surface area contributed by atoms with Gasteiger partial charge in [0.15, 0.2) is 0 Å². The van der Waals surface area contributed by atoms with Crippen LogP contribution in [0.2, 0.25) is 0 Å². The second-order valence-electron chi connectivity index (χ2n) is 4.99. The summed E-state index contributed by atoms with van der Waals surface area (Å²) in [6.07, 6.45) is 10.2. The van der Waals surface area contributed by atoms with Crippen molar-refractivity contribution in [3.05, 3.63) is 0 Å². The Morgan fingerprint density at radius 3 is 2.44 bits per heavy atom. The fraction of sp³-hybridized carbons (Fsp3) is 0.923. The van der Waals surface area contributed by atoms with Gasteiger partial charge in [0.05, 0.1) is 6.04 Å². The number of rotatable bonds is 4. The summed E-state index contributed by atoms with van der Waals surface area (Å²) in [6, 6.07) is 0.507. The normalized spacial score (nSPS) is 21.6. The Bertz CT molecular complexity index is 205. The fourth-order valence-corrected chi connectivity index (χ4v) is 2.46. The number of aliphatic imine (C=N–C) groups is 1. The number of nitrogens with one attached hydrogen (secondary N) is 1. The van der Waals surface area contributed by atoms with E-state index in [0.29, 0.717) is 12.0 Å². The van der Waals surface area contributed by atoms with Crippen LogP contribution in [-0.2, 0) is 0 Å². The predicted octanol–water partition coefficient (Wildman–Crippen LogP) is 3.01. The van der Waals surface area contributed by atoms with E-state index in [9.17, 15) is 0 Å². The molecule has 0 aromatic carbocycles. The van der Waals surface area contributed by atoms with Crippen LogP contribution in [0.3, 0.4) is 0 Å². The molecule has 1 rings (SSSR count). The van der Waals surface area contributed by atoms with Gasteiger partial charge in [-0.25, -0.2) is 5.84 Å². The molecule has 1 fully saturated rings. The summed E-state index contributed by atoms with van der Waals surface area (Å²) in [7, 11) is 0. The van der Waals surface area contributed by atoms with Crippen LogP contribution in [0, 0.1) is 5.92 Å². The maximum Gasteiger partial charge on any atom is 0.113 e. The number of hydrogen-bond acceptors (Lipinski definition) is 2. The Labute approximate surface area is 99.9 Å². The molecule has 1 aliphatic carbocycles. The maximum atomic E-state index is 5.58. The van der Waals surface area contributed by atoms with E-state index in [1.807, 2.05) is 0 Å². The lowest BCUT2D eigenvalue weighted by Crippen LogP contribution is -2.36. The Balaban J connectivity index is 2.54. The second kappa shape index (κ2) is 7.66. The van der Waals surface area contributed by atoms with Crippen molar-refractivity contribution in [2.24, 2.45) is 16.8 Å². The SMILES string of the molecule is CCCC(C)C(=NC1CCCCCC1)NN. The van der Waals surface area contributed by atoms with E-state index in [4.69, 9.17) is 10.8 Å². The fourth-order valence-electron chi connectivity index (χ4n) is 2.46. The van der Waals surface area contributed by atoms with E-state index >= 15 is 0 Å². The van der Waals surface area contributed by atoms with Crippen molar-refractivity contribution >= 4 is 5.84 Å². The minimum absolute atomic E-state index is 0.471. The highest BCUT2D eigenvalue weighted by Crippen LogP contribution is 2.20. The number of hydrogen-bond donors (Lipinski definition) is 2. The molecule has 0 radical (unpaired) electrons. The highest BCUT2D eigenvalue weighted by Gasteiger charge is 2.14. The zero-order valence-electron chi connectivity index (χ0n) is 10.8. The molecule has 3 nitrogen and oxygen atoms in total. The van der Waals surface area contributed by atoms with Gasteiger partial charge in [0.25, 0.3) is 0 Å². The Kier molecular flexibility index (Phi) is 6.46. The summed E-state index contributed by atoms with van der Waals surface area (Å²) in [5.74, 6) is 7.06. The predicted molar refractivity (Wildman–Crippen MR) is 70.3 cm³/mol. The van der Waals surface area contributed by atoms with Gasteiger partial charge in [0.2, 0.25) is 0 Å². The molecule has 94 valence electrons. The maximum absolute atomic E-state index is 5.58. The van der Waals surface area contributed by atoms with E-state index in [-0.39, 0.29) is 0 Å². The molecule has 0 aliphatic heterocycles. The summed E-state index contributed by atoms with van der Waals surface area (Å²) in [6.45, 7) is 4.41. The standard InChI is InChI=1S/C13H27N3/c1-3-8-11(2)13(16-14)15-12-9-6-4-5-7-10-12/h11-12H,3-10,14H2,1-2H3,(H,15,16). The highest BCUT2D eigenvalue weighted by atomic mass is 15.3. The zero-order valence-corrected chi connectivity index (χ0v) is 10.8. The van der Waals surface area contributed by atoms with Gasteiger partial charge < -0.3 is 5.43 Å². The molecule has 1 aliphatic rings. The summed E-state index contributed by atoms with van der Waals surface area (Å²) < 4.78 is 0. The van der Waals surface area contributed by atoms with Crippen LogP contribution >= 0.6 is 0 Å². The lowest BCUT2D eigenvalue weighted by atomic mass is 10.0. The molecule has 0 aromatic rings. The summed E-state index contributed by atoms with van der Waals surface area (Å²) >= 11 is 0. The molecular weight excluding hydrogens is 198 g/mol. The van der Waals surface area contributed by atoms with E-state index in [2.05, 4.69) is 19.3 Å². The van der Waals surface area contributed by atoms with Gasteiger partial charge in [-0.1, -0.05) is 46.0 Å². The van der Waals surface area contributed by atoms with Crippen LogP contribution in [0.1, 0.15) is 65.2 Å². The Hall–Kier alpha value is -0.570. The van der Waals surface area contributed by atoms with E-state index in [1.165, 1.54) is 44.9 Å². The zero-order chi connectivity index (χ0) is 11.8.